The SMILES string of the molecule is CCCC1CCC(/C=C/C(CO)CO)CC1. The van der Waals surface area contributed by atoms with Gasteiger partial charge in [0.15, 0.2) is 0 Å². The Hall–Kier alpha value is -0.340. The van der Waals surface area contributed by atoms with E-state index in [4.69, 9.17) is 10.2 Å². The van der Waals surface area contributed by atoms with Crippen LogP contribution in [0, 0.1) is 17.8 Å². The van der Waals surface area contributed by atoms with Crippen molar-refractivity contribution in [3.63, 3.8) is 0 Å². The molecule has 0 saturated heterocycles. The van der Waals surface area contributed by atoms with Crippen molar-refractivity contribution in [3.8, 4) is 0 Å². The molecule has 0 aromatic carbocycles. The first-order valence-corrected chi connectivity index (χ1v) is 6.70. The van der Waals surface area contributed by atoms with Gasteiger partial charge in [-0.2, -0.15) is 0 Å². The molecule has 0 unspecified atom stereocenters. The zero-order valence-electron chi connectivity index (χ0n) is 10.4. The van der Waals surface area contributed by atoms with Gasteiger partial charge in [-0.3, -0.25) is 0 Å². The molecule has 0 atom stereocenters. The third-order valence-electron chi connectivity index (χ3n) is 3.71. The van der Waals surface area contributed by atoms with Crippen LogP contribution in [0.5, 0.6) is 0 Å². The molecule has 0 heterocycles. The number of aliphatic hydroxyl groups excluding tert-OH is 2. The maximum atomic E-state index is 8.96. The summed E-state index contributed by atoms with van der Waals surface area (Å²) in [6.07, 6.45) is 12.2. The Morgan fingerprint density at radius 1 is 1.12 bits per heavy atom. The maximum Gasteiger partial charge on any atom is 0.0515 e. The summed E-state index contributed by atoms with van der Waals surface area (Å²) < 4.78 is 0. The van der Waals surface area contributed by atoms with Crippen LogP contribution >= 0.6 is 0 Å². The molecule has 94 valence electrons. The van der Waals surface area contributed by atoms with Gasteiger partial charge in [-0.1, -0.05) is 31.9 Å². The van der Waals surface area contributed by atoms with Gasteiger partial charge >= 0.3 is 0 Å². The van der Waals surface area contributed by atoms with Crippen LogP contribution in [0.1, 0.15) is 45.4 Å². The summed E-state index contributed by atoms with van der Waals surface area (Å²) in [5.74, 6) is 1.56. The first kappa shape index (κ1) is 13.7. The highest BCUT2D eigenvalue weighted by molar-refractivity contribution is 4.94. The van der Waals surface area contributed by atoms with Gasteiger partial charge in [-0.05, 0) is 37.5 Å². The van der Waals surface area contributed by atoms with E-state index in [1.807, 2.05) is 6.08 Å². The number of hydrogen-bond donors (Lipinski definition) is 2. The molecule has 1 aliphatic carbocycles. The lowest BCUT2D eigenvalue weighted by Crippen LogP contribution is -2.14. The summed E-state index contributed by atoms with van der Waals surface area (Å²) in [5, 5.41) is 17.9. The van der Waals surface area contributed by atoms with Crippen LogP contribution in [-0.2, 0) is 0 Å². The summed E-state index contributed by atoms with van der Waals surface area (Å²) in [4.78, 5) is 0. The van der Waals surface area contributed by atoms with Gasteiger partial charge in [0.05, 0.1) is 13.2 Å². The van der Waals surface area contributed by atoms with Gasteiger partial charge in [0.2, 0.25) is 0 Å². The molecule has 1 rings (SSSR count). The van der Waals surface area contributed by atoms with Crippen molar-refractivity contribution in [3.05, 3.63) is 12.2 Å². The van der Waals surface area contributed by atoms with Gasteiger partial charge in [0.1, 0.15) is 0 Å². The Morgan fingerprint density at radius 2 is 1.75 bits per heavy atom. The molecule has 2 N–H and O–H groups in total. The van der Waals surface area contributed by atoms with Crippen LogP contribution in [0.2, 0.25) is 0 Å². The fourth-order valence-corrected chi connectivity index (χ4v) is 2.57. The predicted molar refractivity (Wildman–Crippen MR) is 67.2 cm³/mol. The summed E-state index contributed by atoms with van der Waals surface area (Å²) in [5.41, 5.74) is 0. The predicted octanol–water partition coefficient (Wildman–Crippen LogP) is 2.75. The molecule has 2 heteroatoms. The van der Waals surface area contributed by atoms with E-state index in [0.29, 0.717) is 5.92 Å². The Labute approximate surface area is 99.4 Å². The van der Waals surface area contributed by atoms with Crippen LogP contribution in [-0.4, -0.2) is 23.4 Å². The second-order valence-corrected chi connectivity index (χ2v) is 5.08. The van der Waals surface area contributed by atoms with Crippen molar-refractivity contribution in [2.45, 2.75) is 45.4 Å². The van der Waals surface area contributed by atoms with E-state index in [2.05, 4.69) is 13.0 Å². The van der Waals surface area contributed by atoms with Crippen LogP contribution in [0.4, 0.5) is 0 Å². The molecule has 1 fully saturated rings. The Bertz CT molecular complexity index is 189. The lowest BCUT2D eigenvalue weighted by molar-refractivity contribution is 0.177. The minimum absolute atomic E-state index is 0.0537. The zero-order chi connectivity index (χ0) is 11.8. The molecule has 1 aliphatic rings. The molecular weight excluding hydrogens is 200 g/mol. The fourth-order valence-electron chi connectivity index (χ4n) is 2.57. The molecule has 16 heavy (non-hydrogen) atoms. The van der Waals surface area contributed by atoms with Crippen LogP contribution in [0.15, 0.2) is 12.2 Å². The third kappa shape index (κ3) is 4.67. The van der Waals surface area contributed by atoms with Crippen molar-refractivity contribution >= 4 is 0 Å². The van der Waals surface area contributed by atoms with Gasteiger partial charge < -0.3 is 10.2 Å². The fraction of sp³-hybridized carbons (Fsp3) is 0.857. The number of aliphatic hydroxyl groups is 2. The average molecular weight is 226 g/mol. The minimum atomic E-state index is -0.0617. The number of hydrogen-bond acceptors (Lipinski definition) is 2. The largest absolute Gasteiger partial charge is 0.396 e. The van der Waals surface area contributed by atoms with E-state index < -0.39 is 0 Å². The molecule has 0 amide bonds. The highest BCUT2D eigenvalue weighted by Crippen LogP contribution is 2.32. The molecule has 0 aromatic heterocycles. The second-order valence-electron chi connectivity index (χ2n) is 5.08. The lowest BCUT2D eigenvalue weighted by atomic mass is 9.80. The number of rotatable bonds is 6. The molecule has 2 nitrogen and oxygen atoms in total. The lowest BCUT2D eigenvalue weighted by Gasteiger charge is -2.26. The zero-order valence-corrected chi connectivity index (χ0v) is 10.4. The van der Waals surface area contributed by atoms with Crippen molar-refractivity contribution < 1.29 is 10.2 Å². The Morgan fingerprint density at radius 3 is 2.25 bits per heavy atom. The summed E-state index contributed by atoms with van der Waals surface area (Å²) in [6.45, 7) is 2.37. The minimum Gasteiger partial charge on any atom is -0.396 e. The Kier molecular flexibility index (Phi) is 6.74. The smallest absolute Gasteiger partial charge is 0.0515 e. The van der Waals surface area contributed by atoms with Crippen molar-refractivity contribution in [2.75, 3.05) is 13.2 Å². The van der Waals surface area contributed by atoms with E-state index in [-0.39, 0.29) is 19.1 Å². The average Bonchev–Trinajstić information content (AvgIpc) is 2.33. The maximum absolute atomic E-state index is 8.96. The number of allylic oxidation sites excluding steroid dienone is 1. The monoisotopic (exact) mass is 226 g/mol. The summed E-state index contributed by atoms with van der Waals surface area (Å²) >= 11 is 0. The normalized spacial score (nSPS) is 26.8. The molecule has 0 bridgehead atoms. The van der Waals surface area contributed by atoms with E-state index in [1.54, 1.807) is 0 Å². The topological polar surface area (TPSA) is 40.5 Å². The third-order valence-corrected chi connectivity index (χ3v) is 3.71. The second kappa shape index (κ2) is 7.86. The first-order chi connectivity index (χ1) is 7.80. The van der Waals surface area contributed by atoms with Crippen LogP contribution < -0.4 is 0 Å². The highest BCUT2D eigenvalue weighted by atomic mass is 16.3. The van der Waals surface area contributed by atoms with Gasteiger partial charge in [-0.15, -0.1) is 0 Å². The van der Waals surface area contributed by atoms with Crippen molar-refractivity contribution in [2.24, 2.45) is 17.8 Å². The Balaban J connectivity index is 2.25. The molecule has 0 aliphatic heterocycles. The molecule has 0 radical (unpaired) electrons. The van der Waals surface area contributed by atoms with Crippen LogP contribution in [0.3, 0.4) is 0 Å². The first-order valence-electron chi connectivity index (χ1n) is 6.70. The molecule has 0 spiro atoms. The molecular formula is C14H26O2. The molecule has 1 saturated carbocycles. The quantitative estimate of drug-likeness (QED) is 0.684. The van der Waals surface area contributed by atoms with Gasteiger partial charge in [-0.25, -0.2) is 0 Å². The summed E-state index contributed by atoms with van der Waals surface area (Å²) in [7, 11) is 0. The van der Waals surface area contributed by atoms with Crippen molar-refractivity contribution in [1.82, 2.24) is 0 Å². The molecule has 0 aromatic rings. The standard InChI is InChI=1S/C14H26O2/c1-2-3-12-4-6-13(7-5-12)8-9-14(10-15)11-16/h8-9,12-16H,2-7,10-11H2,1H3/b9-8+. The van der Waals surface area contributed by atoms with E-state index in [1.165, 1.54) is 38.5 Å². The van der Waals surface area contributed by atoms with E-state index >= 15 is 0 Å². The van der Waals surface area contributed by atoms with Gasteiger partial charge in [0.25, 0.3) is 0 Å². The van der Waals surface area contributed by atoms with Crippen LogP contribution in [0.25, 0.3) is 0 Å². The van der Waals surface area contributed by atoms with E-state index in [0.717, 1.165) is 5.92 Å². The van der Waals surface area contributed by atoms with Crippen molar-refractivity contribution in [1.29, 1.82) is 0 Å². The highest BCUT2D eigenvalue weighted by Gasteiger charge is 2.18. The van der Waals surface area contributed by atoms with E-state index in [9.17, 15) is 0 Å². The summed E-state index contributed by atoms with van der Waals surface area (Å²) in [6, 6.07) is 0. The van der Waals surface area contributed by atoms with Gasteiger partial charge in [0, 0.05) is 5.92 Å².